The number of amides is 2. The van der Waals surface area contributed by atoms with Crippen molar-refractivity contribution in [3.05, 3.63) is 131 Å². The van der Waals surface area contributed by atoms with Gasteiger partial charge in [-0.2, -0.15) is 0 Å². The smallest absolute Gasteiger partial charge is 0.264 e. The van der Waals surface area contributed by atoms with Gasteiger partial charge in [0.25, 0.3) is 10.0 Å². The van der Waals surface area contributed by atoms with Gasteiger partial charge in [-0.15, -0.1) is 0 Å². The summed E-state index contributed by atoms with van der Waals surface area (Å²) in [5, 5.41) is 2.60. The molecule has 0 aliphatic heterocycles. The van der Waals surface area contributed by atoms with Crippen LogP contribution in [0.5, 0.6) is 0 Å². The highest BCUT2D eigenvalue weighted by Crippen LogP contribution is 2.27. The lowest BCUT2D eigenvalue weighted by atomic mass is 10.0. The zero-order valence-electron chi connectivity index (χ0n) is 22.3. The van der Waals surface area contributed by atoms with Gasteiger partial charge in [0.2, 0.25) is 11.8 Å². The fourth-order valence-corrected chi connectivity index (χ4v) is 6.22. The average Bonchev–Trinajstić information content (AvgIpc) is 2.99. The number of nitrogens with zero attached hydrogens (tertiary/aromatic N) is 2. The van der Waals surface area contributed by atoms with Gasteiger partial charge in [-0.1, -0.05) is 88.7 Å². The number of anilines is 1. The summed E-state index contributed by atoms with van der Waals surface area (Å²) in [6.07, 6.45) is 0.142. The van der Waals surface area contributed by atoms with Crippen LogP contribution < -0.4 is 9.62 Å². The summed E-state index contributed by atoms with van der Waals surface area (Å²) < 4.78 is 44.2. The lowest BCUT2D eigenvalue weighted by molar-refractivity contribution is -0.139. The Balaban J connectivity index is 1.79. The normalized spacial score (nSPS) is 11.9. The first-order chi connectivity index (χ1) is 19.7. The summed E-state index contributed by atoms with van der Waals surface area (Å²) in [4.78, 5) is 28.6. The Labute approximate surface area is 247 Å². The number of carbonyl (C=O) groups is 2. The van der Waals surface area contributed by atoms with Gasteiger partial charge in [0.05, 0.1) is 10.6 Å². The molecule has 1 N–H and O–H groups in total. The molecule has 4 aromatic carbocycles. The molecule has 41 heavy (non-hydrogen) atoms. The number of hydrogen-bond acceptors (Lipinski definition) is 4. The van der Waals surface area contributed by atoms with Gasteiger partial charge in [-0.25, -0.2) is 12.8 Å². The molecule has 4 rings (SSSR count). The van der Waals surface area contributed by atoms with Crippen LogP contribution in [0.4, 0.5) is 10.1 Å². The van der Waals surface area contributed by atoms with E-state index in [1.807, 2.05) is 30.3 Å². The summed E-state index contributed by atoms with van der Waals surface area (Å²) in [5.41, 5.74) is 1.23. The van der Waals surface area contributed by atoms with Gasteiger partial charge in [0.1, 0.15) is 18.4 Å². The molecule has 0 bridgehead atoms. The van der Waals surface area contributed by atoms with Crippen molar-refractivity contribution in [3.63, 3.8) is 0 Å². The maximum absolute atomic E-state index is 14.8. The lowest BCUT2D eigenvalue weighted by Gasteiger charge is -2.33. The first kappa shape index (κ1) is 30.0. The molecule has 10 heteroatoms. The quantitative estimate of drug-likeness (QED) is 0.246. The number of sulfonamides is 1. The fraction of sp³-hybridized carbons (Fsp3) is 0.161. The third kappa shape index (κ3) is 7.39. The zero-order valence-corrected chi connectivity index (χ0v) is 24.7. The van der Waals surface area contributed by atoms with E-state index in [1.54, 1.807) is 48.5 Å². The average molecular weight is 639 g/mol. The van der Waals surface area contributed by atoms with E-state index in [0.717, 1.165) is 9.87 Å². The molecule has 0 aromatic heterocycles. The van der Waals surface area contributed by atoms with Crippen LogP contribution >= 0.6 is 15.9 Å². The molecule has 7 nitrogen and oxygen atoms in total. The van der Waals surface area contributed by atoms with Crippen LogP contribution in [0, 0.1) is 5.82 Å². The van der Waals surface area contributed by atoms with Gasteiger partial charge in [-0.05, 0) is 42.0 Å². The molecule has 4 aromatic rings. The van der Waals surface area contributed by atoms with Crippen molar-refractivity contribution in [2.75, 3.05) is 17.9 Å². The zero-order chi connectivity index (χ0) is 29.4. The van der Waals surface area contributed by atoms with Crippen molar-refractivity contribution in [2.45, 2.75) is 23.9 Å². The number of rotatable bonds is 11. The van der Waals surface area contributed by atoms with Crippen molar-refractivity contribution in [1.82, 2.24) is 10.2 Å². The molecular weight excluding hydrogens is 609 g/mol. The lowest BCUT2D eigenvalue weighted by Crippen LogP contribution is -2.53. The Morgan fingerprint density at radius 2 is 1.51 bits per heavy atom. The van der Waals surface area contributed by atoms with Crippen molar-refractivity contribution < 1.29 is 22.4 Å². The summed E-state index contributed by atoms with van der Waals surface area (Å²) in [5.74, 6) is -1.67. The van der Waals surface area contributed by atoms with Gasteiger partial charge in [0, 0.05) is 30.0 Å². The molecule has 1 atom stereocenters. The predicted octanol–water partition coefficient (Wildman–Crippen LogP) is 5.17. The Kier molecular flexibility index (Phi) is 9.91. The topological polar surface area (TPSA) is 86.8 Å². The molecule has 0 aliphatic carbocycles. The SMILES string of the molecule is CNC(=O)[C@H](Cc1ccccc1)N(Cc1ccccc1F)C(=O)CN(c1cccc(Br)c1)S(=O)(=O)c1ccccc1. The van der Waals surface area contributed by atoms with Gasteiger partial charge in [0.15, 0.2) is 0 Å². The molecule has 0 heterocycles. The summed E-state index contributed by atoms with van der Waals surface area (Å²) >= 11 is 3.38. The second kappa shape index (κ2) is 13.6. The van der Waals surface area contributed by atoms with Crippen LogP contribution in [0.3, 0.4) is 0 Å². The van der Waals surface area contributed by atoms with Crippen LogP contribution in [-0.4, -0.2) is 44.8 Å². The number of carbonyl (C=O) groups excluding carboxylic acids is 2. The van der Waals surface area contributed by atoms with Crippen molar-refractivity contribution in [2.24, 2.45) is 0 Å². The summed E-state index contributed by atoms with van der Waals surface area (Å²) in [6, 6.07) is 28.4. The third-order valence-corrected chi connectivity index (χ3v) is 8.80. The highest BCUT2D eigenvalue weighted by atomic mass is 79.9. The van der Waals surface area contributed by atoms with Crippen LogP contribution in [0.2, 0.25) is 0 Å². The second-order valence-electron chi connectivity index (χ2n) is 9.24. The van der Waals surface area contributed by atoms with E-state index >= 15 is 0 Å². The molecule has 2 amide bonds. The Morgan fingerprint density at radius 3 is 2.15 bits per heavy atom. The van der Waals surface area contributed by atoms with E-state index in [-0.39, 0.29) is 29.1 Å². The molecule has 0 saturated carbocycles. The van der Waals surface area contributed by atoms with E-state index in [4.69, 9.17) is 0 Å². The van der Waals surface area contributed by atoms with Crippen LogP contribution in [0.25, 0.3) is 0 Å². The number of hydrogen-bond donors (Lipinski definition) is 1. The minimum absolute atomic E-state index is 0.000524. The summed E-state index contributed by atoms with van der Waals surface area (Å²) in [7, 11) is -2.74. The largest absolute Gasteiger partial charge is 0.357 e. The predicted molar refractivity (Wildman–Crippen MR) is 160 cm³/mol. The molecule has 212 valence electrons. The highest BCUT2D eigenvalue weighted by molar-refractivity contribution is 9.10. The van der Waals surface area contributed by atoms with Crippen LogP contribution in [0.1, 0.15) is 11.1 Å². The molecule has 0 saturated heterocycles. The van der Waals surface area contributed by atoms with E-state index in [9.17, 15) is 22.4 Å². The van der Waals surface area contributed by atoms with Gasteiger partial charge in [-0.3, -0.25) is 13.9 Å². The number of nitrogens with one attached hydrogen (secondary N) is 1. The van der Waals surface area contributed by atoms with Crippen molar-refractivity contribution >= 4 is 43.5 Å². The van der Waals surface area contributed by atoms with E-state index in [1.165, 1.54) is 42.3 Å². The van der Waals surface area contributed by atoms with E-state index in [0.29, 0.717) is 4.47 Å². The maximum atomic E-state index is 14.8. The minimum atomic E-state index is -4.20. The molecular formula is C31H29BrFN3O4S. The number of halogens is 2. The van der Waals surface area contributed by atoms with Gasteiger partial charge >= 0.3 is 0 Å². The molecule has 0 unspecified atom stereocenters. The fourth-order valence-electron chi connectivity index (χ4n) is 4.41. The Hall–Kier alpha value is -4.02. The standard InChI is InChI=1S/C31H29BrFN3O4S/c1-34-31(38)29(19-23-11-4-2-5-12-23)35(21-24-13-8-9-18-28(24)33)30(37)22-36(26-15-10-14-25(32)20-26)41(39,40)27-16-6-3-7-17-27/h2-18,20,29H,19,21-22H2,1H3,(H,34,38)/t29-/m0/s1. The van der Waals surface area contributed by atoms with E-state index in [2.05, 4.69) is 21.2 Å². The first-order valence-corrected chi connectivity index (χ1v) is 15.1. The molecule has 0 radical (unpaired) electrons. The van der Waals surface area contributed by atoms with Crippen molar-refractivity contribution in [3.8, 4) is 0 Å². The van der Waals surface area contributed by atoms with Crippen molar-refractivity contribution in [1.29, 1.82) is 0 Å². The first-order valence-electron chi connectivity index (χ1n) is 12.8. The van der Waals surface area contributed by atoms with Crippen LogP contribution in [0.15, 0.2) is 119 Å². The maximum Gasteiger partial charge on any atom is 0.264 e. The third-order valence-electron chi connectivity index (χ3n) is 6.52. The number of likely N-dealkylation sites (N-methyl/N-ethyl adjacent to an activating group) is 1. The number of benzene rings is 4. The second-order valence-corrected chi connectivity index (χ2v) is 12.0. The van der Waals surface area contributed by atoms with Gasteiger partial charge < -0.3 is 10.2 Å². The monoisotopic (exact) mass is 637 g/mol. The molecule has 0 spiro atoms. The highest BCUT2D eigenvalue weighted by Gasteiger charge is 2.34. The van der Waals surface area contributed by atoms with E-state index < -0.39 is 40.2 Å². The molecule has 0 aliphatic rings. The summed E-state index contributed by atoms with van der Waals surface area (Å²) in [6.45, 7) is -0.863. The minimum Gasteiger partial charge on any atom is -0.357 e. The Morgan fingerprint density at radius 1 is 0.878 bits per heavy atom. The molecule has 0 fully saturated rings. The van der Waals surface area contributed by atoms with Crippen LogP contribution in [-0.2, 0) is 32.6 Å². The Bertz CT molecular complexity index is 1600.